The first-order valence-corrected chi connectivity index (χ1v) is 10.3. The summed E-state index contributed by atoms with van der Waals surface area (Å²) in [6, 6.07) is 0.190. The van der Waals surface area contributed by atoms with Crippen LogP contribution >= 0.6 is 0 Å². The van der Waals surface area contributed by atoms with Crippen LogP contribution in [0.5, 0.6) is 0 Å². The number of pyridine rings is 1. The molecule has 1 amide bonds. The Bertz CT molecular complexity index is 1090. The topological polar surface area (TPSA) is 142 Å². The predicted octanol–water partition coefficient (Wildman–Crippen LogP) is 2.11. The zero-order valence-corrected chi connectivity index (χ0v) is 17.0. The van der Waals surface area contributed by atoms with Crippen molar-refractivity contribution in [3.8, 4) is 11.5 Å². The van der Waals surface area contributed by atoms with Crippen LogP contribution < -0.4 is 10.6 Å². The van der Waals surface area contributed by atoms with E-state index in [2.05, 4.69) is 42.7 Å². The Morgan fingerprint density at radius 1 is 1.33 bits per heavy atom. The Morgan fingerprint density at radius 2 is 2.20 bits per heavy atom. The van der Waals surface area contributed by atoms with Gasteiger partial charge in [-0.15, -0.1) is 10.2 Å². The Kier molecular flexibility index (Phi) is 4.46. The van der Waals surface area contributed by atoms with Crippen LogP contribution in [0.2, 0.25) is 0 Å². The molecule has 0 spiro atoms. The van der Waals surface area contributed by atoms with Crippen molar-refractivity contribution < 1.29 is 14.3 Å². The largest absolute Gasteiger partial charge is 0.412 e. The zero-order chi connectivity index (χ0) is 20.9. The number of aromatic nitrogens is 5. The Balaban J connectivity index is 1.52. The van der Waals surface area contributed by atoms with Gasteiger partial charge in [0.2, 0.25) is 0 Å². The average molecular weight is 411 g/mol. The van der Waals surface area contributed by atoms with E-state index in [0.717, 1.165) is 37.8 Å². The van der Waals surface area contributed by atoms with Gasteiger partial charge in [-0.1, -0.05) is 6.92 Å². The van der Waals surface area contributed by atoms with E-state index in [1.165, 1.54) is 7.05 Å². The SMILES string of the molecule is CNC(=O)c1nnc(-c2cnc3[nH]cnc3c2N[C@H]2CC[C@]3(O)CC(C)C[C@H]2C3)o1. The van der Waals surface area contributed by atoms with E-state index in [1.807, 2.05) is 0 Å². The van der Waals surface area contributed by atoms with Crippen LogP contribution in [-0.2, 0) is 0 Å². The number of nitrogens with one attached hydrogen (secondary N) is 3. The highest BCUT2D eigenvalue weighted by molar-refractivity contribution is 5.94. The fraction of sp³-hybridized carbons (Fsp3) is 0.550. The molecule has 2 saturated carbocycles. The smallest absolute Gasteiger partial charge is 0.308 e. The monoisotopic (exact) mass is 411 g/mol. The lowest BCUT2D eigenvalue weighted by Crippen LogP contribution is -2.49. The van der Waals surface area contributed by atoms with Crippen LogP contribution in [0, 0.1) is 11.8 Å². The summed E-state index contributed by atoms with van der Waals surface area (Å²) in [7, 11) is 1.51. The van der Waals surface area contributed by atoms with Gasteiger partial charge in [-0.2, -0.15) is 0 Å². The number of H-pyrrole nitrogens is 1. The first kappa shape index (κ1) is 19.0. The van der Waals surface area contributed by atoms with Crippen LogP contribution in [0.1, 0.15) is 49.7 Å². The molecule has 4 atom stereocenters. The molecule has 3 aromatic rings. The van der Waals surface area contributed by atoms with Crippen molar-refractivity contribution in [1.82, 2.24) is 30.5 Å². The number of carbonyl (C=O) groups is 1. The zero-order valence-electron chi connectivity index (χ0n) is 17.0. The third-order valence-electron chi connectivity index (χ3n) is 6.42. The summed E-state index contributed by atoms with van der Waals surface area (Å²) in [6.07, 6.45) is 7.65. The lowest BCUT2D eigenvalue weighted by atomic mass is 9.64. The van der Waals surface area contributed by atoms with Crippen molar-refractivity contribution >= 4 is 22.8 Å². The summed E-state index contributed by atoms with van der Waals surface area (Å²) >= 11 is 0. The number of fused-ring (bicyclic) bond motifs is 3. The highest BCUT2D eigenvalue weighted by Gasteiger charge is 2.44. The van der Waals surface area contributed by atoms with E-state index < -0.39 is 11.5 Å². The maximum atomic E-state index is 11.8. The maximum Gasteiger partial charge on any atom is 0.308 e. The molecule has 3 heterocycles. The molecule has 5 rings (SSSR count). The van der Waals surface area contributed by atoms with E-state index >= 15 is 0 Å². The summed E-state index contributed by atoms with van der Waals surface area (Å²) in [4.78, 5) is 23.7. The van der Waals surface area contributed by atoms with Gasteiger partial charge >= 0.3 is 11.8 Å². The molecule has 2 bridgehead atoms. The van der Waals surface area contributed by atoms with Gasteiger partial charge in [-0.05, 0) is 43.9 Å². The molecule has 2 fully saturated rings. The third-order valence-corrected chi connectivity index (χ3v) is 6.42. The van der Waals surface area contributed by atoms with Crippen LogP contribution in [-0.4, -0.2) is 54.9 Å². The fourth-order valence-electron chi connectivity index (χ4n) is 5.18. The number of hydrogen-bond acceptors (Lipinski definition) is 8. The molecular formula is C20H25N7O3. The van der Waals surface area contributed by atoms with Gasteiger partial charge in [0.15, 0.2) is 5.65 Å². The number of nitrogens with zero attached hydrogens (tertiary/aromatic N) is 4. The van der Waals surface area contributed by atoms with Gasteiger partial charge in [0.05, 0.1) is 23.2 Å². The van der Waals surface area contributed by atoms with Crippen LogP contribution in [0.25, 0.3) is 22.6 Å². The molecule has 0 radical (unpaired) electrons. The van der Waals surface area contributed by atoms with Crippen molar-refractivity contribution in [1.29, 1.82) is 0 Å². The third kappa shape index (κ3) is 3.20. The molecule has 0 saturated heterocycles. The molecule has 10 nitrogen and oxygen atoms in total. The number of anilines is 1. The van der Waals surface area contributed by atoms with E-state index in [1.54, 1.807) is 12.5 Å². The second kappa shape index (κ2) is 7.05. The Hall–Kier alpha value is -3.01. The quantitative estimate of drug-likeness (QED) is 0.511. The highest BCUT2D eigenvalue weighted by atomic mass is 16.4. The number of aromatic amines is 1. The molecule has 10 heteroatoms. The van der Waals surface area contributed by atoms with E-state index in [4.69, 9.17) is 4.42 Å². The minimum absolute atomic E-state index is 0.107. The van der Waals surface area contributed by atoms with E-state index in [-0.39, 0.29) is 17.8 Å². The lowest BCUT2D eigenvalue weighted by molar-refractivity contribution is -0.0677. The van der Waals surface area contributed by atoms with Crippen molar-refractivity contribution in [3.05, 3.63) is 18.4 Å². The van der Waals surface area contributed by atoms with Crippen molar-refractivity contribution in [2.24, 2.45) is 11.8 Å². The molecule has 0 aromatic carbocycles. The van der Waals surface area contributed by atoms with Gasteiger partial charge in [-0.25, -0.2) is 9.97 Å². The Labute approximate surface area is 172 Å². The van der Waals surface area contributed by atoms with Gasteiger partial charge in [-0.3, -0.25) is 4.79 Å². The molecule has 4 N–H and O–H groups in total. The summed E-state index contributed by atoms with van der Waals surface area (Å²) in [5.74, 6) is 0.514. The van der Waals surface area contributed by atoms with E-state index in [9.17, 15) is 9.90 Å². The summed E-state index contributed by atoms with van der Waals surface area (Å²) in [5, 5.41) is 24.9. The fourth-order valence-corrected chi connectivity index (χ4v) is 5.18. The molecule has 1 unspecified atom stereocenters. The minimum atomic E-state index is -0.544. The number of amides is 1. The standard InChI is InChI=1S/C20H25N7O3/c1-10-5-11-7-20(29,6-10)4-3-13(11)25-14-12(8-22-16-15(14)23-9-24-16)18-26-27-19(30-18)17(28)21-2/h8-11,13,29H,3-7H2,1-2H3,(H,21,28)(H2,22,23,24,25)/t10?,11-,13-,20-/m0/s1. The number of rotatable bonds is 4. The van der Waals surface area contributed by atoms with E-state index in [0.29, 0.717) is 28.6 Å². The molecular weight excluding hydrogens is 386 g/mol. The summed E-state index contributed by atoms with van der Waals surface area (Å²) < 4.78 is 5.60. The summed E-state index contributed by atoms with van der Waals surface area (Å²) in [5.41, 5.74) is 2.13. The second-order valence-electron chi connectivity index (χ2n) is 8.66. The molecule has 30 heavy (non-hydrogen) atoms. The van der Waals surface area contributed by atoms with Gasteiger partial charge in [0, 0.05) is 19.3 Å². The first-order valence-electron chi connectivity index (χ1n) is 10.3. The minimum Gasteiger partial charge on any atom is -0.412 e. The number of aliphatic hydroxyl groups is 1. The normalized spacial score (nSPS) is 28.4. The first-order chi connectivity index (χ1) is 14.5. The average Bonchev–Trinajstić information content (AvgIpc) is 3.38. The lowest BCUT2D eigenvalue weighted by Gasteiger charge is -2.48. The predicted molar refractivity (Wildman–Crippen MR) is 109 cm³/mol. The van der Waals surface area contributed by atoms with Crippen LogP contribution in [0.15, 0.2) is 16.9 Å². The number of imidazole rings is 1. The highest BCUT2D eigenvalue weighted by Crippen LogP contribution is 2.46. The molecule has 2 aliphatic rings. The van der Waals surface area contributed by atoms with Gasteiger partial charge < -0.3 is 25.1 Å². The second-order valence-corrected chi connectivity index (χ2v) is 8.66. The van der Waals surface area contributed by atoms with Crippen molar-refractivity contribution in [2.45, 2.75) is 50.7 Å². The molecule has 158 valence electrons. The summed E-state index contributed by atoms with van der Waals surface area (Å²) in [6.45, 7) is 2.21. The van der Waals surface area contributed by atoms with Crippen LogP contribution in [0.4, 0.5) is 5.69 Å². The van der Waals surface area contributed by atoms with Crippen LogP contribution in [0.3, 0.4) is 0 Å². The van der Waals surface area contributed by atoms with Crippen molar-refractivity contribution in [3.63, 3.8) is 0 Å². The van der Waals surface area contributed by atoms with Gasteiger partial charge in [0.25, 0.3) is 5.89 Å². The molecule has 0 aliphatic heterocycles. The number of hydrogen-bond donors (Lipinski definition) is 4. The Morgan fingerprint density at radius 3 is 3.03 bits per heavy atom. The number of carbonyl (C=O) groups excluding carboxylic acids is 1. The maximum absolute atomic E-state index is 11.8. The molecule has 3 aromatic heterocycles. The van der Waals surface area contributed by atoms with Crippen molar-refractivity contribution in [2.75, 3.05) is 12.4 Å². The van der Waals surface area contributed by atoms with Gasteiger partial charge in [0.1, 0.15) is 5.52 Å². The molecule has 2 aliphatic carbocycles.